The number of ether oxygens (including phenoxy) is 1. The van der Waals surface area contributed by atoms with Crippen LogP contribution < -0.4 is 0 Å². The van der Waals surface area contributed by atoms with E-state index in [0.717, 1.165) is 12.8 Å². The Morgan fingerprint density at radius 2 is 2.46 bits per heavy atom. The van der Waals surface area contributed by atoms with Gasteiger partial charge in [-0.2, -0.15) is 0 Å². The first-order chi connectivity index (χ1) is 6.34. The lowest BCUT2D eigenvalue weighted by Crippen LogP contribution is -2.15. The molecule has 0 radical (unpaired) electrons. The average Bonchev–Trinajstić information content (AvgIpc) is 2.42. The van der Waals surface area contributed by atoms with E-state index < -0.39 is 0 Å². The molecule has 0 spiro atoms. The topological polar surface area (TPSA) is 26.3 Å². The smallest absolute Gasteiger partial charge is 0.313 e. The molecule has 0 aromatic carbocycles. The Bertz CT molecular complexity index is 238. The summed E-state index contributed by atoms with van der Waals surface area (Å²) in [5.74, 6) is -0.241. The summed E-state index contributed by atoms with van der Waals surface area (Å²) in [4.78, 5) is 11.4. The molecule has 13 heavy (non-hydrogen) atoms. The fourth-order valence-electron chi connectivity index (χ4n) is 1.19. The molecule has 0 amide bonds. The average molecular weight is 178 g/mol. The second kappa shape index (κ2) is 5.36. The molecule has 1 unspecified atom stereocenters. The predicted octanol–water partition coefficient (Wildman–Crippen LogP) is 2.24. The fraction of sp³-hybridized carbons (Fsp3) is 0.364. The van der Waals surface area contributed by atoms with Gasteiger partial charge in [0, 0.05) is 0 Å². The summed E-state index contributed by atoms with van der Waals surface area (Å²) in [7, 11) is 0. The molecule has 70 valence electrons. The molecular formula is C11H14O2. The molecule has 0 saturated carbocycles. The maximum absolute atomic E-state index is 11.4. The first-order valence-corrected chi connectivity index (χ1v) is 4.45. The van der Waals surface area contributed by atoms with Gasteiger partial charge in [0.05, 0.1) is 5.92 Å². The molecule has 0 aromatic rings. The van der Waals surface area contributed by atoms with Crippen molar-refractivity contribution in [3.05, 3.63) is 37.0 Å². The molecule has 2 heteroatoms. The standard InChI is InChI=1S/C11H14O2/c1-2-9-13-11(12)10-7-5-3-4-6-8-10/h2-5,7,10H,1,6,8-9H2. The molecule has 1 rings (SSSR count). The van der Waals surface area contributed by atoms with Gasteiger partial charge in [-0.15, -0.1) is 0 Å². The monoisotopic (exact) mass is 178 g/mol. The molecule has 2 nitrogen and oxygen atoms in total. The van der Waals surface area contributed by atoms with Crippen LogP contribution in [0.4, 0.5) is 0 Å². The third-order valence-corrected chi connectivity index (χ3v) is 1.88. The van der Waals surface area contributed by atoms with E-state index in [-0.39, 0.29) is 11.9 Å². The lowest BCUT2D eigenvalue weighted by molar-refractivity contribution is -0.145. The van der Waals surface area contributed by atoms with E-state index in [1.54, 1.807) is 6.08 Å². The lowest BCUT2D eigenvalue weighted by Gasteiger charge is -2.08. The molecule has 0 aliphatic heterocycles. The molecule has 0 bridgehead atoms. The zero-order valence-electron chi connectivity index (χ0n) is 7.61. The van der Waals surface area contributed by atoms with E-state index in [2.05, 4.69) is 12.7 Å². The van der Waals surface area contributed by atoms with Crippen LogP contribution in [0.1, 0.15) is 12.8 Å². The molecule has 1 atom stereocenters. The number of rotatable bonds is 3. The number of carbonyl (C=O) groups is 1. The number of carbonyl (C=O) groups excluding carboxylic acids is 1. The highest BCUT2D eigenvalue weighted by Crippen LogP contribution is 2.14. The number of esters is 1. The van der Waals surface area contributed by atoms with Crippen LogP contribution in [0.5, 0.6) is 0 Å². The highest BCUT2D eigenvalue weighted by molar-refractivity contribution is 5.74. The van der Waals surface area contributed by atoms with Crippen LogP contribution in [-0.2, 0) is 9.53 Å². The summed E-state index contributed by atoms with van der Waals surface area (Å²) in [6, 6.07) is 0. The fourth-order valence-corrected chi connectivity index (χ4v) is 1.19. The minimum Gasteiger partial charge on any atom is -0.461 e. The van der Waals surface area contributed by atoms with Crippen LogP contribution >= 0.6 is 0 Å². The zero-order valence-corrected chi connectivity index (χ0v) is 7.61. The predicted molar refractivity (Wildman–Crippen MR) is 52.2 cm³/mol. The van der Waals surface area contributed by atoms with Gasteiger partial charge >= 0.3 is 5.97 Å². The maximum atomic E-state index is 11.4. The maximum Gasteiger partial charge on any atom is 0.313 e. The Morgan fingerprint density at radius 3 is 3.23 bits per heavy atom. The van der Waals surface area contributed by atoms with Crippen LogP contribution in [0.15, 0.2) is 37.0 Å². The van der Waals surface area contributed by atoms with Gasteiger partial charge in [0.1, 0.15) is 6.61 Å². The van der Waals surface area contributed by atoms with Gasteiger partial charge < -0.3 is 4.74 Å². The summed E-state index contributed by atoms with van der Waals surface area (Å²) >= 11 is 0. The van der Waals surface area contributed by atoms with Crippen LogP contribution in [-0.4, -0.2) is 12.6 Å². The number of hydrogen-bond donors (Lipinski definition) is 0. The Labute approximate surface area is 78.6 Å². The van der Waals surface area contributed by atoms with Gasteiger partial charge in [0.2, 0.25) is 0 Å². The third kappa shape index (κ3) is 3.28. The molecule has 1 aliphatic rings. The van der Waals surface area contributed by atoms with E-state index in [9.17, 15) is 4.79 Å². The molecule has 0 fully saturated rings. The summed E-state index contributed by atoms with van der Waals surface area (Å²) in [5, 5.41) is 0. The quantitative estimate of drug-likeness (QED) is 0.489. The van der Waals surface area contributed by atoms with Crippen molar-refractivity contribution in [2.24, 2.45) is 5.92 Å². The molecular weight excluding hydrogens is 164 g/mol. The largest absolute Gasteiger partial charge is 0.461 e. The van der Waals surface area contributed by atoms with Crippen LogP contribution in [0.3, 0.4) is 0 Å². The SMILES string of the molecule is C=CCOC(=O)C1C=CC=CCC1. The van der Waals surface area contributed by atoms with Crippen LogP contribution in [0, 0.1) is 5.92 Å². The minimum atomic E-state index is -0.153. The van der Waals surface area contributed by atoms with Crippen molar-refractivity contribution in [2.75, 3.05) is 6.61 Å². The number of hydrogen-bond acceptors (Lipinski definition) is 2. The summed E-state index contributed by atoms with van der Waals surface area (Å²) < 4.78 is 4.95. The Kier molecular flexibility index (Phi) is 4.03. The summed E-state index contributed by atoms with van der Waals surface area (Å²) in [6.45, 7) is 3.79. The van der Waals surface area contributed by atoms with Crippen molar-refractivity contribution in [1.29, 1.82) is 0 Å². The Morgan fingerprint density at radius 1 is 1.62 bits per heavy atom. The highest BCUT2D eigenvalue weighted by atomic mass is 16.5. The molecule has 0 N–H and O–H groups in total. The van der Waals surface area contributed by atoms with Crippen molar-refractivity contribution in [2.45, 2.75) is 12.8 Å². The number of allylic oxidation sites excluding steroid dienone is 3. The molecule has 0 aromatic heterocycles. The van der Waals surface area contributed by atoms with Gasteiger partial charge in [-0.1, -0.05) is 37.0 Å². The highest BCUT2D eigenvalue weighted by Gasteiger charge is 2.15. The zero-order chi connectivity index (χ0) is 9.52. The van der Waals surface area contributed by atoms with Crippen LogP contribution in [0.25, 0.3) is 0 Å². The third-order valence-electron chi connectivity index (χ3n) is 1.88. The second-order valence-electron chi connectivity index (χ2n) is 2.92. The Hall–Kier alpha value is -1.31. The summed E-state index contributed by atoms with van der Waals surface area (Å²) in [6.07, 6.45) is 11.1. The Balaban J connectivity index is 2.41. The summed E-state index contributed by atoms with van der Waals surface area (Å²) in [5.41, 5.74) is 0. The van der Waals surface area contributed by atoms with Gasteiger partial charge in [0.25, 0.3) is 0 Å². The van der Waals surface area contributed by atoms with E-state index in [4.69, 9.17) is 4.74 Å². The lowest BCUT2D eigenvalue weighted by atomic mass is 10.0. The second-order valence-corrected chi connectivity index (χ2v) is 2.92. The van der Waals surface area contributed by atoms with E-state index in [1.807, 2.05) is 18.2 Å². The van der Waals surface area contributed by atoms with Gasteiger partial charge in [-0.25, -0.2) is 0 Å². The van der Waals surface area contributed by atoms with E-state index in [1.165, 1.54) is 0 Å². The van der Waals surface area contributed by atoms with E-state index in [0.29, 0.717) is 6.61 Å². The van der Waals surface area contributed by atoms with Gasteiger partial charge in [-0.05, 0) is 12.8 Å². The van der Waals surface area contributed by atoms with Crippen molar-refractivity contribution in [1.82, 2.24) is 0 Å². The molecule has 0 saturated heterocycles. The molecule has 0 heterocycles. The molecule has 1 aliphatic carbocycles. The van der Waals surface area contributed by atoms with Crippen LogP contribution in [0.2, 0.25) is 0 Å². The normalized spacial score (nSPS) is 20.8. The first kappa shape index (κ1) is 9.78. The van der Waals surface area contributed by atoms with E-state index >= 15 is 0 Å². The van der Waals surface area contributed by atoms with Crippen molar-refractivity contribution in [3.8, 4) is 0 Å². The van der Waals surface area contributed by atoms with Gasteiger partial charge in [-0.3, -0.25) is 4.79 Å². The van der Waals surface area contributed by atoms with Crippen molar-refractivity contribution in [3.63, 3.8) is 0 Å². The first-order valence-electron chi connectivity index (χ1n) is 4.45. The van der Waals surface area contributed by atoms with Crippen molar-refractivity contribution >= 4 is 5.97 Å². The van der Waals surface area contributed by atoms with Crippen molar-refractivity contribution < 1.29 is 9.53 Å². The minimum absolute atomic E-state index is 0.0880. The van der Waals surface area contributed by atoms with Gasteiger partial charge in [0.15, 0.2) is 0 Å².